The molecule has 0 saturated carbocycles. The Labute approximate surface area is 89.7 Å². The molecule has 0 bridgehead atoms. The predicted octanol–water partition coefficient (Wildman–Crippen LogP) is 2.81. The number of rotatable bonds is 2. The molecule has 15 heavy (non-hydrogen) atoms. The minimum Gasteiger partial charge on any atom is -0.350 e. The Hall–Kier alpha value is -1.75. The molecule has 1 heterocycles. The number of hydrogen-bond donors (Lipinski definition) is 0. The summed E-state index contributed by atoms with van der Waals surface area (Å²) >= 11 is 0. The number of aromatic nitrogens is 1. The molecule has 1 aromatic carbocycles. The summed E-state index contributed by atoms with van der Waals surface area (Å²) in [5.74, 6) is 0. The van der Waals surface area contributed by atoms with Crippen molar-refractivity contribution in [2.75, 3.05) is 0 Å². The summed E-state index contributed by atoms with van der Waals surface area (Å²) in [5.41, 5.74) is 3.66. The second-order valence-electron chi connectivity index (χ2n) is 3.81. The van der Waals surface area contributed by atoms with Gasteiger partial charge in [-0.3, -0.25) is 0 Å². The highest BCUT2D eigenvalue weighted by Gasteiger charge is 2.06. The topological polar surface area (TPSA) is 28.7 Å². The molecule has 76 valence electrons. The van der Waals surface area contributed by atoms with Crippen LogP contribution in [0.5, 0.6) is 0 Å². The Kier molecular flexibility index (Phi) is 2.47. The van der Waals surface area contributed by atoms with E-state index in [9.17, 15) is 0 Å². The van der Waals surface area contributed by atoms with Crippen LogP contribution in [0.15, 0.2) is 24.4 Å². The molecule has 0 aliphatic carbocycles. The van der Waals surface area contributed by atoms with Crippen LogP contribution >= 0.6 is 0 Å². The van der Waals surface area contributed by atoms with Crippen LogP contribution in [0.3, 0.4) is 0 Å². The number of fused-ring (bicyclic) bond motifs is 1. The number of aryl methyl sites for hydroxylation is 2. The Morgan fingerprint density at radius 3 is 2.87 bits per heavy atom. The van der Waals surface area contributed by atoms with E-state index < -0.39 is 0 Å². The van der Waals surface area contributed by atoms with Crippen molar-refractivity contribution >= 4 is 10.9 Å². The van der Waals surface area contributed by atoms with Crippen molar-refractivity contribution < 1.29 is 0 Å². The highest BCUT2D eigenvalue weighted by Crippen LogP contribution is 2.22. The molecule has 0 radical (unpaired) electrons. The molecule has 0 fully saturated rings. The highest BCUT2D eigenvalue weighted by atomic mass is 14.9. The molecule has 0 spiro atoms. The van der Waals surface area contributed by atoms with Crippen molar-refractivity contribution in [3.8, 4) is 6.07 Å². The summed E-state index contributed by atoms with van der Waals surface area (Å²) in [6.45, 7) is 2.15. The maximum atomic E-state index is 8.76. The van der Waals surface area contributed by atoms with Crippen LogP contribution in [0.1, 0.15) is 18.1 Å². The van der Waals surface area contributed by atoms with Gasteiger partial charge >= 0.3 is 0 Å². The van der Waals surface area contributed by atoms with E-state index >= 15 is 0 Å². The maximum absolute atomic E-state index is 8.76. The van der Waals surface area contributed by atoms with Gasteiger partial charge in [-0.15, -0.1) is 0 Å². The molecule has 1 aromatic heterocycles. The molecule has 0 saturated heterocycles. The van der Waals surface area contributed by atoms with Gasteiger partial charge in [-0.05, 0) is 29.7 Å². The molecule has 0 amide bonds. The van der Waals surface area contributed by atoms with Crippen LogP contribution in [0, 0.1) is 11.3 Å². The van der Waals surface area contributed by atoms with Gasteiger partial charge in [0.25, 0.3) is 0 Å². The fourth-order valence-corrected chi connectivity index (χ4v) is 1.97. The lowest BCUT2D eigenvalue weighted by atomic mass is 10.1. The first kappa shape index (κ1) is 9.79. The number of benzene rings is 1. The zero-order chi connectivity index (χ0) is 10.8. The Morgan fingerprint density at radius 2 is 2.20 bits per heavy atom. The maximum Gasteiger partial charge on any atom is 0.0670 e. The molecule has 2 heteroatoms. The summed E-state index contributed by atoms with van der Waals surface area (Å²) in [7, 11) is 2.02. The molecule has 0 aliphatic rings. The minimum absolute atomic E-state index is 0.491. The third kappa shape index (κ3) is 1.61. The van der Waals surface area contributed by atoms with Crippen LogP contribution in [0.4, 0.5) is 0 Å². The van der Waals surface area contributed by atoms with Gasteiger partial charge in [-0.25, -0.2) is 0 Å². The molecule has 0 aliphatic heterocycles. The first-order valence-corrected chi connectivity index (χ1v) is 5.20. The van der Waals surface area contributed by atoms with Crippen molar-refractivity contribution in [2.45, 2.75) is 19.8 Å². The van der Waals surface area contributed by atoms with Gasteiger partial charge < -0.3 is 4.57 Å². The van der Waals surface area contributed by atoms with E-state index in [1.165, 1.54) is 16.5 Å². The van der Waals surface area contributed by atoms with Crippen LogP contribution in [-0.4, -0.2) is 4.57 Å². The summed E-state index contributed by atoms with van der Waals surface area (Å²) in [5, 5.41) is 9.98. The fourth-order valence-electron chi connectivity index (χ4n) is 1.97. The van der Waals surface area contributed by atoms with E-state index in [0.29, 0.717) is 6.42 Å². The molecule has 0 atom stereocenters. The summed E-state index contributed by atoms with van der Waals surface area (Å²) in [6, 6.07) is 8.70. The monoisotopic (exact) mass is 198 g/mol. The Balaban J connectivity index is 2.67. The smallest absolute Gasteiger partial charge is 0.0670 e. The van der Waals surface area contributed by atoms with Crippen LogP contribution < -0.4 is 0 Å². The van der Waals surface area contributed by atoms with Gasteiger partial charge in [0, 0.05) is 24.1 Å². The minimum atomic E-state index is 0.491. The van der Waals surface area contributed by atoms with Crippen molar-refractivity contribution in [1.82, 2.24) is 4.57 Å². The van der Waals surface area contributed by atoms with Crippen molar-refractivity contribution in [2.24, 2.45) is 7.05 Å². The Bertz CT molecular complexity index is 529. The standard InChI is InChI=1S/C13H14N2/c1-3-10-4-5-13-12(8-10)11(6-7-14)9-15(13)2/h4-5,8-9H,3,6H2,1-2H3. The largest absolute Gasteiger partial charge is 0.350 e. The first-order chi connectivity index (χ1) is 7.26. The van der Waals surface area contributed by atoms with Gasteiger partial charge in [0.05, 0.1) is 12.5 Å². The number of nitriles is 1. The lowest BCUT2D eigenvalue weighted by Crippen LogP contribution is -1.84. The molecular weight excluding hydrogens is 184 g/mol. The quantitative estimate of drug-likeness (QED) is 0.729. The normalized spacial score (nSPS) is 10.5. The summed E-state index contributed by atoms with van der Waals surface area (Å²) in [6.07, 6.45) is 3.58. The average molecular weight is 198 g/mol. The SMILES string of the molecule is CCc1ccc2c(c1)c(CC#N)cn2C. The second-order valence-corrected chi connectivity index (χ2v) is 3.81. The average Bonchev–Trinajstić information content (AvgIpc) is 2.56. The van der Waals surface area contributed by atoms with Crippen LogP contribution in [-0.2, 0) is 19.9 Å². The van der Waals surface area contributed by atoms with E-state index in [4.69, 9.17) is 5.26 Å². The van der Waals surface area contributed by atoms with Gasteiger partial charge in [0.2, 0.25) is 0 Å². The molecule has 2 aromatic rings. The number of nitrogens with zero attached hydrogens (tertiary/aromatic N) is 2. The molecule has 2 rings (SSSR count). The van der Waals surface area contributed by atoms with Crippen molar-refractivity contribution in [1.29, 1.82) is 5.26 Å². The van der Waals surface area contributed by atoms with Gasteiger partial charge in [-0.2, -0.15) is 5.26 Å². The zero-order valence-electron chi connectivity index (χ0n) is 9.12. The summed E-state index contributed by atoms with van der Waals surface area (Å²) in [4.78, 5) is 0. The van der Waals surface area contributed by atoms with E-state index in [0.717, 1.165) is 12.0 Å². The van der Waals surface area contributed by atoms with Crippen molar-refractivity contribution in [3.63, 3.8) is 0 Å². The zero-order valence-corrected chi connectivity index (χ0v) is 9.12. The highest BCUT2D eigenvalue weighted by molar-refractivity contribution is 5.84. The van der Waals surface area contributed by atoms with E-state index in [1.807, 2.05) is 13.2 Å². The lowest BCUT2D eigenvalue weighted by molar-refractivity contribution is 0.960. The van der Waals surface area contributed by atoms with Gasteiger partial charge in [-0.1, -0.05) is 13.0 Å². The van der Waals surface area contributed by atoms with Gasteiger partial charge in [0.15, 0.2) is 0 Å². The molecular formula is C13H14N2. The van der Waals surface area contributed by atoms with Gasteiger partial charge in [0.1, 0.15) is 0 Å². The summed E-state index contributed by atoms with van der Waals surface area (Å²) < 4.78 is 2.08. The molecule has 0 N–H and O–H groups in total. The molecule has 2 nitrogen and oxygen atoms in total. The lowest BCUT2D eigenvalue weighted by Gasteiger charge is -1.99. The fraction of sp³-hybridized carbons (Fsp3) is 0.308. The van der Waals surface area contributed by atoms with Crippen LogP contribution in [0.25, 0.3) is 10.9 Å². The Morgan fingerprint density at radius 1 is 1.40 bits per heavy atom. The predicted molar refractivity (Wildman–Crippen MR) is 61.6 cm³/mol. The van der Waals surface area contributed by atoms with Crippen LogP contribution in [0.2, 0.25) is 0 Å². The third-order valence-corrected chi connectivity index (χ3v) is 2.81. The first-order valence-electron chi connectivity index (χ1n) is 5.20. The third-order valence-electron chi connectivity index (χ3n) is 2.81. The van der Waals surface area contributed by atoms with E-state index in [1.54, 1.807) is 0 Å². The van der Waals surface area contributed by atoms with E-state index in [-0.39, 0.29) is 0 Å². The second kappa shape index (κ2) is 3.78. The number of hydrogen-bond acceptors (Lipinski definition) is 1. The van der Waals surface area contributed by atoms with Crippen molar-refractivity contribution in [3.05, 3.63) is 35.5 Å². The van der Waals surface area contributed by atoms with E-state index in [2.05, 4.69) is 35.8 Å². The molecule has 0 unspecified atom stereocenters.